The highest BCUT2D eigenvalue weighted by Crippen LogP contribution is 2.23. The molecule has 0 fully saturated rings. The lowest BCUT2D eigenvalue weighted by atomic mass is 9.94. The number of hydrogen-bond donors (Lipinski definition) is 0. The first-order chi connectivity index (χ1) is 10.2. The molecule has 0 amide bonds. The van der Waals surface area contributed by atoms with Crippen LogP contribution in [0.15, 0.2) is 55.1 Å². The number of allylic oxidation sites excluding steroid dienone is 1. The fraction of sp³-hybridized carbons (Fsp3) is 0.333. The molecule has 0 heteroatoms. The van der Waals surface area contributed by atoms with Crippen LogP contribution >= 0.6 is 0 Å². The van der Waals surface area contributed by atoms with Crippen LogP contribution in [0.4, 0.5) is 0 Å². The zero-order valence-electron chi connectivity index (χ0n) is 13.4. The van der Waals surface area contributed by atoms with Crippen LogP contribution in [0.25, 0.3) is 5.57 Å². The Hall–Kier alpha value is -1.82. The van der Waals surface area contributed by atoms with Gasteiger partial charge in [0, 0.05) is 0 Å². The van der Waals surface area contributed by atoms with Crippen molar-refractivity contribution in [2.45, 2.75) is 46.0 Å². The fourth-order valence-electron chi connectivity index (χ4n) is 2.63. The average molecular weight is 278 g/mol. The van der Waals surface area contributed by atoms with Crippen LogP contribution in [0.2, 0.25) is 0 Å². The van der Waals surface area contributed by atoms with Gasteiger partial charge >= 0.3 is 0 Å². The standard InChI is InChI=1S/C21H26/c1-4-5-7-10-17(2)20-14-13-18(3)21(16-20)15-19-11-8-6-9-12-19/h6,8-9,11-14,16H,2,4-5,7,10,15H2,1,3H3. The molecule has 0 atom stereocenters. The predicted octanol–water partition coefficient (Wildman–Crippen LogP) is 6.18. The van der Waals surface area contributed by atoms with Crippen molar-refractivity contribution in [2.24, 2.45) is 0 Å². The maximum Gasteiger partial charge on any atom is -0.00229 e. The predicted molar refractivity (Wildman–Crippen MR) is 93.6 cm³/mol. The van der Waals surface area contributed by atoms with E-state index >= 15 is 0 Å². The molecular formula is C21H26. The van der Waals surface area contributed by atoms with E-state index in [1.54, 1.807) is 0 Å². The van der Waals surface area contributed by atoms with Crippen LogP contribution in [0.1, 0.15) is 54.9 Å². The first kappa shape index (κ1) is 15.6. The first-order valence-electron chi connectivity index (χ1n) is 8.02. The zero-order valence-corrected chi connectivity index (χ0v) is 13.4. The van der Waals surface area contributed by atoms with E-state index in [0.29, 0.717) is 0 Å². The lowest BCUT2D eigenvalue weighted by molar-refractivity contribution is 0.736. The maximum absolute atomic E-state index is 4.27. The largest absolute Gasteiger partial charge is 0.0952 e. The van der Waals surface area contributed by atoms with Crippen LogP contribution < -0.4 is 0 Å². The molecule has 0 aliphatic carbocycles. The third-order valence-electron chi connectivity index (χ3n) is 4.08. The van der Waals surface area contributed by atoms with Crippen LogP contribution in [0.5, 0.6) is 0 Å². The molecule has 0 unspecified atom stereocenters. The third-order valence-corrected chi connectivity index (χ3v) is 4.08. The van der Waals surface area contributed by atoms with Gasteiger partial charge in [-0.2, -0.15) is 0 Å². The van der Waals surface area contributed by atoms with Gasteiger partial charge < -0.3 is 0 Å². The van der Waals surface area contributed by atoms with Crippen LogP contribution in [-0.4, -0.2) is 0 Å². The summed E-state index contributed by atoms with van der Waals surface area (Å²) in [5.41, 5.74) is 6.73. The number of rotatable bonds is 7. The summed E-state index contributed by atoms with van der Waals surface area (Å²) in [4.78, 5) is 0. The lowest BCUT2D eigenvalue weighted by Crippen LogP contribution is -1.94. The molecule has 0 aliphatic heterocycles. The second-order valence-corrected chi connectivity index (χ2v) is 5.86. The molecule has 0 saturated heterocycles. The van der Waals surface area contributed by atoms with E-state index in [9.17, 15) is 0 Å². The van der Waals surface area contributed by atoms with Gasteiger partial charge in [-0.25, -0.2) is 0 Å². The molecule has 0 aliphatic rings. The van der Waals surface area contributed by atoms with Gasteiger partial charge in [0.25, 0.3) is 0 Å². The summed E-state index contributed by atoms with van der Waals surface area (Å²) in [5.74, 6) is 0. The van der Waals surface area contributed by atoms with E-state index in [4.69, 9.17) is 0 Å². The quantitative estimate of drug-likeness (QED) is 0.530. The Kier molecular flexibility index (Phi) is 5.80. The Morgan fingerprint density at radius 2 is 1.76 bits per heavy atom. The molecule has 0 radical (unpaired) electrons. The Bertz CT molecular complexity index is 578. The summed E-state index contributed by atoms with van der Waals surface area (Å²) < 4.78 is 0. The van der Waals surface area contributed by atoms with Gasteiger partial charge in [0.1, 0.15) is 0 Å². The van der Waals surface area contributed by atoms with Crippen molar-refractivity contribution in [3.05, 3.63) is 77.4 Å². The molecule has 2 rings (SSSR count). The summed E-state index contributed by atoms with van der Waals surface area (Å²) in [6.07, 6.45) is 5.92. The van der Waals surface area contributed by atoms with Crippen LogP contribution in [-0.2, 0) is 6.42 Å². The molecular weight excluding hydrogens is 252 g/mol. The van der Waals surface area contributed by atoms with E-state index in [0.717, 1.165) is 12.8 Å². The van der Waals surface area contributed by atoms with E-state index in [1.165, 1.54) is 47.1 Å². The Balaban J connectivity index is 2.11. The minimum absolute atomic E-state index is 1.00. The number of unbranched alkanes of at least 4 members (excludes halogenated alkanes) is 2. The smallest absolute Gasteiger partial charge is 0.00229 e. The van der Waals surface area contributed by atoms with Gasteiger partial charge in [-0.15, -0.1) is 0 Å². The van der Waals surface area contributed by atoms with E-state index in [1.807, 2.05) is 0 Å². The van der Waals surface area contributed by atoms with Crippen molar-refractivity contribution in [2.75, 3.05) is 0 Å². The topological polar surface area (TPSA) is 0 Å². The number of benzene rings is 2. The normalized spacial score (nSPS) is 10.6. The first-order valence-corrected chi connectivity index (χ1v) is 8.02. The minimum Gasteiger partial charge on any atom is -0.0952 e. The van der Waals surface area contributed by atoms with Gasteiger partial charge in [-0.1, -0.05) is 74.9 Å². The third kappa shape index (κ3) is 4.60. The van der Waals surface area contributed by atoms with Crippen molar-refractivity contribution in [1.82, 2.24) is 0 Å². The number of hydrogen-bond acceptors (Lipinski definition) is 0. The maximum atomic E-state index is 4.27. The summed E-state index contributed by atoms with van der Waals surface area (Å²) in [7, 11) is 0. The number of aryl methyl sites for hydroxylation is 1. The van der Waals surface area contributed by atoms with Gasteiger partial charge in [-0.05, 0) is 54.0 Å². The summed E-state index contributed by atoms with van der Waals surface area (Å²) in [5, 5.41) is 0. The van der Waals surface area contributed by atoms with Gasteiger partial charge in [0.05, 0.1) is 0 Å². The zero-order chi connectivity index (χ0) is 15.1. The average Bonchev–Trinajstić information content (AvgIpc) is 2.50. The molecule has 0 heterocycles. The van der Waals surface area contributed by atoms with E-state index < -0.39 is 0 Å². The highest BCUT2D eigenvalue weighted by atomic mass is 14.1. The second-order valence-electron chi connectivity index (χ2n) is 5.86. The van der Waals surface area contributed by atoms with Crippen molar-refractivity contribution in [3.8, 4) is 0 Å². The van der Waals surface area contributed by atoms with Crippen LogP contribution in [0.3, 0.4) is 0 Å². The van der Waals surface area contributed by atoms with Gasteiger partial charge in [0.15, 0.2) is 0 Å². The van der Waals surface area contributed by atoms with Crippen molar-refractivity contribution in [1.29, 1.82) is 0 Å². The lowest BCUT2D eigenvalue weighted by Gasteiger charge is -2.11. The SMILES string of the molecule is C=C(CCCCC)c1ccc(C)c(Cc2ccccc2)c1. The van der Waals surface area contributed by atoms with Gasteiger partial charge in [0.2, 0.25) is 0 Å². The van der Waals surface area contributed by atoms with Gasteiger partial charge in [-0.3, -0.25) is 0 Å². The Labute approximate surface area is 129 Å². The molecule has 0 N–H and O–H groups in total. The Morgan fingerprint density at radius 3 is 2.48 bits per heavy atom. The molecule has 2 aromatic rings. The fourth-order valence-corrected chi connectivity index (χ4v) is 2.63. The minimum atomic E-state index is 1.00. The molecule has 21 heavy (non-hydrogen) atoms. The van der Waals surface area contributed by atoms with Crippen molar-refractivity contribution in [3.63, 3.8) is 0 Å². The highest BCUT2D eigenvalue weighted by Gasteiger charge is 2.05. The molecule has 0 nitrogen and oxygen atoms in total. The Morgan fingerprint density at radius 1 is 1.00 bits per heavy atom. The molecule has 2 aromatic carbocycles. The summed E-state index contributed by atoms with van der Waals surface area (Å²) in [6, 6.07) is 17.5. The highest BCUT2D eigenvalue weighted by molar-refractivity contribution is 5.64. The van der Waals surface area contributed by atoms with E-state index in [2.05, 4.69) is 69.0 Å². The van der Waals surface area contributed by atoms with Crippen LogP contribution in [0, 0.1) is 6.92 Å². The molecule has 0 spiro atoms. The van der Waals surface area contributed by atoms with Crippen molar-refractivity contribution >= 4 is 5.57 Å². The molecule has 110 valence electrons. The van der Waals surface area contributed by atoms with Crippen molar-refractivity contribution < 1.29 is 0 Å². The molecule has 0 saturated carbocycles. The second kappa shape index (κ2) is 7.83. The monoisotopic (exact) mass is 278 g/mol. The molecule has 0 aromatic heterocycles. The summed E-state index contributed by atoms with van der Waals surface area (Å²) >= 11 is 0. The summed E-state index contributed by atoms with van der Waals surface area (Å²) in [6.45, 7) is 8.71. The van der Waals surface area contributed by atoms with E-state index in [-0.39, 0.29) is 0 Å². The molecule has 0 bridgehead atoms.